The fourth-order valence-electron chi connectivity index (χ4n) is 3.43. The molecule has 0 spiro atoms. The van der Waals surface area contributed by atoms with Crippen molar-refractivity contribution < 1.29 is 9.21 Å². The predicted octanol–water partition coefficient (Wildman–Crippen LogP) is 4.71. The maximum atomic E-state index is 13.8. The van der Waals surface area contributed by atoms with Crippen LogP contribution in [-0.4, -0.2) is 29.0 Å². The van der Waals surface area contributed by atoms with Crippen LogP contribution in [0.15, 0.2) is 82.2 Å². The fraction of sp³-hybridized carbons (Fsp3) is 0.0800. The number of pyridine rings is 1. The lowest BCUT2D eigenvalue weighted by Crippen LogP contribution is -2.22. The van der Waals surface area contributed by atoms with Crippen LogP contribution >= 0.6 is 11.3 Å². The molecule has 0 bridgehead atoms. The number of nitriles is 1. The fourth-order valence-corrected chi connectivity index (χ4v) is 4.32. The second-order valence-electron chi connectivity index (χ2n) is 7.15. The molecule has 8 nitrogen and oxygen atoms in total. The van der Waals surface area contributed by atoms with Crippen molar-refractivity contribution in [3.8, 4) is 17.4 Å². The van der Waals surface area contributed by atoms with E-state index in [1.54, 1.807) is 31.6 Å². The Morgan fingerprint density at radius 3 is 2.85 bits per heavy atom. The highest BCUT2D eigenvalue weighted by atomic mass is 32.1. The quantitative estimate of drug-likeness (QED) is 0.283. The summed E-state index contributed by atoms with van der Waals surface area (Å²) in [6.45, 7) is 0. The molecule has 3 aromatic heterocycles. The van der Waals surface area contributed by atoms with Gasteiger partial charge < -0.3 is 15.5 Å². The second kappa shape index (κ2) is 10.4. The first-order chi connectivity index (χ1) is 16.6. The molecule has 3 heterocycles. The number of ketones is 1. The Morgan fingerprint density at radius 1 is 1.29 bits per heavy atom. The van der Waals surface area contributed by atoms with Gasteiger partial charge in [-0.15, -0.1) is 11.3 Å². The monoisotopic (exact) mass is 468 g/mol. The molecule has 0 aliphatic rings. The minimum atomic E-state index is -0.764. The normalized spacial score (nSPS) is 12.4. The highest BCUT2D eigenvalue weighted by Crippen LogP contribution is 2.32. The Hall–Kier alpha value is -4.55. The number of allylic oxidation sites excluding steroid dienone is 1. The summed E-state index contributed by atoms with van der Waals surface area (Å²) >= 11 is 1.33. The maximum Gasteiger partial charge on any atom is 0.200 e. The number of benzene rings is 1. The number of carbonyl (C=O) groups excluding carboxylic acids is 1. The van der Waals surface area contributed by atoms with Crippen LogP contribution in [0.25, 0.3) is 16.9 Å². The lowest BCUT2D eigenvalue weighted by Gasteiger charge is -2.20. The number of thiophene rings is 1. The molecule has 0 amide bonds. The van der Waals surface area contributed by atoms with Gasteiger partial charge in [-0.3, -0.25) is 9.79 Å². The first-order valence-corrected chi connectivity index (χ1v) is 11.1. The van der Waals surface area contributed by atoms with Crippen molar-refractivity contribution in [3.05, 3.63) is 94.5 Å². The van der Waals surface area contributed by atoms with Crippen LogP contribution in [0.1, 0.15) is 32.5 Å². The van der Waals surface area contributed by atoms with Gasteiger partial charge in [-0.1, -0.05) is 18.2 Å². The zero-order valence-corrected chi connectivity index (χ0v) is 19.0. The first-order valence-electron chi connectivity index (χ1n) is 10.2. The van der Waals surface area contributed by atoms with E-state index < -0.39 is 6.04 Å². The molecule has 0 saturated carbocycles. The third kappa shape index (κ3) is 4.77. The maximum absolute atomic E-state index is 13.8. The summed E-state index contributed by atoms with van der Waals surface area (Å²) in [5, 5.41) is 14.3. The number of aromatic nitrogens is 2. The third-order valence-electron chi connectivity index (χ3n) is 5.03. The molecule has 0 fully saturated rings. The van der Waals surface area contributed by atoms with Crippen molar-refractivity contribution in [2.45, 2.75) is 6.04 Å². The third-order valence-corrected chi connectivity index (χ3v) is 5.96. The number of carbonyl (C=O) groups is 1. The first kappa shape index (κ1) is 22.6. The number of aliphatic imine (C=N–C) groups is 1. The SMILES string of the molecule is CN=CC(=CN)c1ccsc1C(=O)C(Nc1cccc(-c2cnco2)c1)c1ccc(C#N)nc1. The van der Waals surface area contributed by atoms with Crippen molar-refractivity contribution in [3.63, 3.8) is 0 Å². The van der Waals surface area contributed by atoms with Gasteiger partial charge in [0.05, 0.1) is 11.1 Å². The minimum Gasteiger partial charge on any atom is -0.444 e. The van der Waals surface area contributed by atoms with Gasteiger partial charge in [0.1, 0.15) is 17.8 Å². The average Bonchev–Trinajstić information content (AvgIpc) is 3.59. The van der Waals surface area contributed by atoms with Gasteiger partial charge in [0, 0.05) is 53.6 Å². The van der Waals surface area contributed by atoms with E-state index in [9.17, 15) is 4.79 Å². The van der Waals surface area contributed by atoms with Crippen LogP contribution in [0.3, 0.4) is 0 Å². The van der Waals surface area contributed by atoms with Crippen LogP contribution in [0.5, 0.6) is 0 Å². The Bertz CT molecular complexity index is 1380. The van der Waals surface area contributed by atoms with Crippen LogP contribution < -0.4 is 11.1 Å². The Kier molecular flexibility index (Phi) is 6.91. The van der Waals surface area contributed by atoms with E-state index >= 15 is 0 Å². The molecule has 3 N–H and O–H groups in total. The van der Waals surface area contributed by atoms with Crippen molar-refractivity contribution in [2.75, 3.05) is 12.4 Å². The summed E-state index contributed by atoms with van der Waals surface area (Å²) in [6.07, 6.45) is 7.57. The van der Waals surface area contributed by atoms with Crippen LogP contribution in [0.2, 0.25) is 0 Å². The summed E-state index contributed by atoms with van der Waals surface area (Å²) in [7, 11) is 1.64. The molecule has 34 heavy (non-hydrogen) atoms. The van der Waals surface area contributed by atoms with Gasteiger partial charge in [0.25, 0.3) is 0 Å². The molecular formula is C25H20N6O2S. The van der Waals surface area contributed by atoms with E-state index in [1.165, 1.54) is 30.1 Å². The number of Topliss-reactive ketones (excluding diaryl/α,β-unsaturated/α-hetero) is 1. The number of hydrogen-bond acceptors (Lipinski definition) is 9. The number of nitrogens with zero attached hydrogens (tertiary/aromatic N) is 4. The molecule has 0 radical (unpaired) electrons. The second-order valence-corrected chi connectivity index (χ2v) is 8.07. The van der Waals surface area contributed by atoms with Crippen molar-refractivity contribution >= 4 is 34.6 Å². The van der Waals surface area contributed by atoms with E-state index in [0.29, 0.717) is 33.0 Å². The van der Waals surface area contributed by atoms with Gasteiger partial charge in [-0.2, -0.15) is 5.26 Å². The standard InChI is InChI=1S/C25H20N6O2S/c1-28-12-18(10-26)21-7-8-34-25(21)24(32)23(17-5-6-20(11-27)30-13-17)31-19-4-2-3-16(9-19)22-14-29-15-33-22/h2-10,12-15,23,31H,26H2,1H3. The van der Waals surface area contributed by atoms with E-state index in [1.807, 2.05) is 41.8 Å². The van der Waals surface area contributed by atoms with E-state index in [-0.39, 0.29) is 11.5 Å². The zero-order valence-electron chi connectivity index (χ0n) is 18.2. The molecule has 1 atom stereocenters. The molecule has 4 aromatic rings. The van der Waals surface area contributed by atoms with Crippen molar-refractivity contribution in [1.29, 1.82) is 5.26 Å². The number of anilines is 1. The van der Waals surface area contributed by atoms with Crippen LogP contribution in [-0.2, 0) is 0 Å². The highest BCUT2D eigenvalue weighted by Gasteiger charge is 2.27. The van der Waals surface area contributed by atoms with E-state index in [0.717, 1.165) is 5.56 Å². The largest absolute Gasteiger partial charge is 0.444 e. The zero-order chi connectivity index (χ0) is 23.9. The Labute approximate surface area is 200 Å². The van der Waals surface area contributed by atoms with Crippen molar-refractivity contribution in [1.82, 2.24) is 9.97 Å². The topological polar surface area (TPSA) is 130 Å². The number of oxazole rings is 1. The van der Waals surface area contributed by atoms with Gasteiger partial charge in [0.2, 0.25) is 0 Å². The number of nitrogens with two attached hydrogens (primary N) is 1. The van der Waals surface area contributed by atoms with E-state index in [4.69, 9.17) is 15.4 Å². The van der Waals surface area contributed by atoms with Gasteiger partial charge in [-0.05, 0) is 29.6 Å². The minimum absolute atomic E-state index is 0.162. The summed E-state index contributed by atoms with van der Waals surface area (Å²) < 4.78 is 5.40. The van der Waals surface area contributed by atoms with Crippen molar-refractivity contribution in [2.24, 2.45) is 10.7 Å². The summed E-state index contributed by atoms with van der Waals surface area (Å²) in [6, 6.07) is 13.9. The molecule has 0 aliphatic heterocycles. The molecule has 1 unspecified atom stereocenters. The lowest BCUT2D eigenvalue weighted by molar-refractivity contribution is 0.0973. The summed E-state index contributed by atoms with van der Waals surface area (Å²) in [5.41, 5.74) is 9.56. The highest BCUT2D eigenvalue weighted by molar-refractivity contribution is 7.12. The summed E-state index contributed by atoms with van der Waals surface area (Å²) in [5.74, 6) is 0.453. The van der Waals surface area contributed by atoms with Gasteiger partial charge in [0.15, 0.2) is 17.9 Å². The molecule has 9 heteroatoms. The smallest absolute Gasteiger partial charge is 0.200 e. The number of rotatable bonds is 8. The lowest BCUT2D eigenvalue weighted by atomic mass is 9.98. The van der Waals surface area contributed by atoms with Crippen LogP contribution in [0, 0.1) is 11.3 Å². The molecular weight excluding hydrogens is 448 g/mol. The molecule has 0 saturated heterocycles. The van der Waals surface area contributed by atoms with Crippen LogP contribution in [0.4, 0.5) is 5.69 Å². The predicted molar refractivity (Wildman–Crippen MR) is 132 cm³/mol. The average molecular weight is 469 g/mol. The number of nitrogens with one attached hydrogen (secondary N) is 1. The van der Waals surface area contributed by atoms with Gasteiger partial charge in [-0.25, -0.2) is 9.97 Å². The summed E-state index contributed by atoms with van der Waals surface area (Å²) in [4.78, 5) is 26.5. The molecule has 168 valence electrons. The van der Waals surface area contributed by atoms with Gasteiger partial charge >= 0.3 is 0 Å². The molecule has 1 aromatic carbocycles. The molecule has 0 aliphatic carbocycles. The van der Waals surface area contributed by atoms with E-state index in [2.05, 4.69) is 20.3 Å². The molecule has 4 rings (SSSR count). The number of hydrogen-bond donors (Lipinski definition) is 2. The Balaban J connectivity index is 1.74. The Morgan fingerprint density at radius 2 is 2.18 bits per heavy atom.